The minimum atomic E-state index is -0.622. The highest BCUT2D eigenvalue weighted by atomic mass is 35.5. The molecule has 0 saturated heterocycles. The van der Waals surface area contributed by atoms with Crippen LogP contribution in [0.2, 0.25) is 5.02 Å². The molecule has 5 nitrogen and oxygen atoms in total. The number of rotatable bonds is 4. The van der Waals surface area contributed by atoms with Crippen LogP contribution in [0.25, 0.3) is 0 Å². The van der Waals surface area contributed by atoms with E-state index in [9.17, 15) is 14.9 Å². The Morgan fingerprint density at radius 2 is 2.19 bits per heavy atom. The van der Waals surface area contributed by atoms with E-state index < -0.39 is 4.92 Å². The van der Waals surface area contributed by atoms with Crippen LogP contribution in [-0.2, 0) is 0 Å². The number of nitro groups is 1. The summed E-state index contributed by atoms with van der Waals surface area (Å²) in [7, 11) is 0. The van der Waals surface area contributed by atoms with E-state index in [4.69, 9.17) is 16.3 Å². The van der Waals surface area contributed by atoms with Gasteiger partial charge in [-0.2, -0.15) is 0 Å². The highest BCUT2D eigenvalue weighted by molar-refractivity contribution is 6.32. The van der Waals surface area contributed by atoms with Crippen LogP contribution in [0.4, 0.5) is 5.69 Å². The van der Waals surface area contributed by atoms with Crippen molar-refractivity contribution < 1.29 is 14.5 Å². The fourth-order valence-electron chi connectivity index (χ4n) is 1.21. The first-order valence-electron chi connectivity index (χ1n) is 4.59. The van der Waals surface area contributed by atoms with Crippen molar-refractivity contribution in [3.05, 3.63) is 32.8 Å². The summed E-state index contributed by atoms with van der Waals surface area (Å²) in [5, 5.41) is 10.8. The second kappa shape index (κ2) is 4.94. The zero-order chi connectivity index (χ0) is 12.3. The molecule has 0 atom stereocenters. The quantitative estimate of drug-likeness (QED) is 0.463. The Labute approximate surface area is 97.1 Å². The van der Waals surface area contributed by atoms with Crippen LogP contribution in [0.15, 0.2) is 12.1 Å². The molecule has 1 aromatic rings. The van der Waals surface area contributed by atoms with Gasteiger partial charge in [-0.3, -0.25) is 14.9 Å². The molecule has 16 heavy (non-hydrogen) atoms. The smallest absolute Gasteiger partial charge is 0.313 e. The van der Waals surface area contributed by atoms with Crippen molar-refractivity contribution in [2.75, 3.05) is 6.61 Å². The topological polar surface area (TPSA) is 69.4 Å². The minimum Gasteiger partial charge on any atom is -0.486 e. The van der Waals surface area contributed by atoms with E-state index in [2.05, 4.69) is 0 Å². The lowest BCUT2D eigenvalue weighted by molar-refractivity contribution is -0.385. The van der Waals surface area contributed by atoms with Crippen molar-refractivity contribution in [2.24, 2.45) is 0 Å². The van der Waals surface area contributed by atoms with Gasteiger partial charge in [0.25, 0.3) is 0 Å². The number of carbonyl (C=O) groups is 1. The molecule has 0 aromatic heterocycles. The largest absolute Gasteiger partial charge is 0.486 e. The molecule has 0 amide bonds. The zero-order valence-corrected chi connectivity index (χ0v) is 9.58. The van der Waals surface area contributed by atoms with Crippen molar-refractivity contribution in [1.82, 2.24) is 0 Å². The van der Waals surface area contributed by atoms with E-state index in [-0.39, 0.29) is 34.4 Å². The molecule has 0 N–H and O–H groups in total. The molecule has 1 rings (SSSR count). The van der Waals surface area contributed by atoms with Crippen LogP contribution in [-0.4, -0.2) is 17.3 Å². The molecular weight excluding hydrogens is 234 g/mol. The van der Waals surface area contributed by atoms with E-state index in [1.54, 1.807) is 6.92 Å². The molecule has 0 unspecified atom stereocenters. The average molecular weight is 244 g/mol. The maximum Gasteiger partial charge on any atom is 0.313 e. The van der Waals surface area contributed by atoms with Crippen LogP contribution >= 0.6 is 11.6 Å². The summed E-state index contributed by atoms with van der Waals surface area (Å²) in [4.78, 5) is 21.3. The molecule has 0 saturated carbocycles. The predicted octanol–water partition coefficient (Wildman–Crippen LogP) is 2.85. The van der Waals surface area contributed by atoms with Crippen molar-refractivity contribution >= 4 is 23.1 Å². The average Bonchev–Trinajstić information content (AvgIpc) is 2.20. The van der Waals surface area contributed by atoms with Gasteiger partial charge in [-0.15, -0.1) is 0 Å². The monoisotopic (exact) mass is 243 g/mol. The number of ether oxygens (including phenoxy) is 1. The third-order valence-corrected chi connectivity index (χ3v) is 2.20. The summed E-state index contributed by atoms with van der Waals surface area (Å²) in [6.07, 6.45) is 0. The summed E-state index contributed by atoms with van der Waals surface area (Å²) in [5.74, 6) is -0.285. The molecule has 0 fully saturated rings. The first-order chi connectivity index (χ1) is 7.47. The Bertz CT molecular complexity index is 445. The molecule has 0 bridgehead atoms. The number of benzene rings is 1. The Kier molecular flexibility index (Phi) is 3.84. The van der Waals surface area contributed by atoms with Gasteiger partial charge in [-0.1, -0.05) is 11.6 Å². The van der Waals surface area contributed by atoms with Crippen LogP contribution in [0.1, 0.15) is 24.2 Å². The number of Topliss-reactive ketones (excluding diaryl/α,β-unsaturated/α-hetero) is 1. The molecule has 0 radical (unpaired) electrons. The summed E-state index contributed by atoms with van der Waals surface area (Å²) >= 11 is 5.82. The maximum atomic E-state index is 11.1. The second-order valence-electron chi connectivity index (χ2n) is 3.05. The molecule has 6 heteroatoms. The molecule has 0 aliphatic heterocycles. The first kappa shape index (κ1) is 12.4. The number of carbonyl (C=O) groups excluding carboxylic acids is 1. The predicted molar refractivity (Wildman–Crippen MR) is 59.3 cm³/mol. The number of ketones is 1. The highest BCUT2D eigenvalue weighted by Gasteiger charge is 2.21. The first-order valence-corrected chi connectivity index (χ1v) is 4.96. The van der Waals surface area contributed by atoms with Gasteiger partial charge < -0.3 is 4.74 Å². The Hall–Kier alpha value is -1.62. The second-order valence-corrected chi connectivity index (χ2v) is 3.46. The van der Waals surface area contributed by atoms with Gasteiger partial charge in [-0.25, -0.2) is 0 Å². The molecule has 86 valence electrons. The van der Waals surface area contributed by atoms with Crippen molar-refractivity contribution in [3.8, 4) is 5.75 Å². The number of halogens is 1. The van der Waals surface area contributed by atoms with Gasteiger partial charge in [0.2, 0.25) is 5.75 Å². The highest BCUT2D eigenvalue weighted by Crippen LogP contribution is 2.36. The summed E-state index contributed by atoms with van der Waals surface area (Å²) < 4.78 is 5.08. The van der Waals surface area contributed by atoms with E-state index in [1.165, 1.54) is 19.1 Å². The van der Waals surface area contributed by atoms with Gasteiger partial charge >= 0.3 is 5.69 Å². The standard InChI is InChI=1S/C10H10ClNO4/c1-3-16-10-8(11)4-7(6(2)13)5-9(10)12(14)15/h4-5H,3H2,1-2H3. The molecular formula is C10H10ClNO4. The number of nitrogens with zero attached hydrogens (tertiary/aromatic N) is 1. The molecule has 0 heterocycles. The maximum absolute atomic E-state index is 11.1. The van der Waals surface area contributed by atoms with Gasteiger partial charge in [0.1, 0.15) is 0 Å². The lowest BCUT2D eigenvalue weighted by Gasteiger charge is -2.07. The minimum absolute atomic E-state index is 0.000772. The SMILES string of the molecule is CCOc1c(Cl)cc(C(C)=O)cc1[N+](=O)[O-]. The summed E-state index contributed by atoms with van der Waals surface area (Å²) in [5.41, 5.74) is -0.0975. The van der Waals surface area contributed by atoms with E-state index in [0.29, 0.717) is 0 Å². The lowest BCUT2D eigenvalue weighted by atomic mass is 10.1. The van der Waals surface area contributed by atoms with E-state index in [1.807, 2.05) is 0 Å². The molecule has 0 spiro atoms. The van der Waals surface area contributed by atoms with Gasteiger partial charge in [0.15, 0.2) is 5.78 Å². The summed E-state index contributed by atoms with van der Waals surface area (Å²) in [6.45, 7) is 3.27. The van der Waals surface area contributed by atoms with E-state index >= 15 is 0 Å². The zero-order valence-electron chi connectivity index (χ0n) is 8.82. The van der Waals surface area contributed by atoms with Gasteiger partial charge in [0.05, 0.1) is 16.6 Å². The molecule has 1 aromatic carbocycles. The Morgan fingerprint density at radius 3 is 2.62 bits per heavy atom. The molecule has 0 aliphatic carbocycles. The van der Waals surface area contributed by atoms with Crippen molar-refractivity contribution in [1.29, 1.82) is 0 Å². The fraction of sp³-hybridized carbons (Fsp3) is 0.300. The number of hydrogen-bond acceptors (Lipinski definition) is 4. The lowest BCUT2D eigenvalue weighted by Crippen LogP contribution is -2.01. The van der Waals surface area contributed by atoms with Crippen LogP contribution in [0, 0.1) is 10.1 Å². The Balaban J connectivity index is 3.39. The number of nitro benzene ring substituents is 1. The van der Waals surface area contributed by atoms with Crippen LogP contribution in [0.5, 0.6) is 5.75 Å². The third-order valence-electron chi connectivity index (χ3n) is 1.92. The van der Waals surface area contributed by atoms with Crippen molar-refractivity contribution in [3.63, 3.8) is 0 Å². The molecule has 0 aliphatic rings. The normalized spacial score (nSPS) is 9.94. The Morgan fingerprint density at radius 1 is 1.56 bits per heavy atom. The third kappa shape index (κ3) is 2.49. The van der Waals surface area contributed by atoms with Crippen LogP contribution < -0.4 is 4.74 Å². The van der Waals surface area contributed by atoms with Crippen LogP contribution in [0.3, 0.4) is 0 Å². The van der Waals surface area contributed by atoms with Gasteiger partial charge in [-0.05, 0) is 19.9 Å². The van der Waals surface area contributed by atoms with E-state index in [0.717, 1.165) is 0 Å². The fourth-order valence-corrected chi connectivity index (χ4v) is 1.47. The summed E-state index contributed by atoms with van der Waals surface area (Å²) in [6, 6.07) is 2.53. The van der Waals surface area contributed by atoms with Crippen molar-refractivity contribution in [2.45, 2.75) is 13.8 Å². The number of hydrogen-bond donors (Lipinski definition) is 0. The van der Waals surface area contributed by atoms with Gasteiger partial charge in [0, 0.05) is 11.6 Å².